The van der Waals surface area contributed by atoms with E-state index in [0.717, 1.165) is 58.0 Å². The minimum atomic E-state index is -3.47. The Morgan fingerprint density at radius 3 is 2.18 bits per heavy atom. The Balaban J connectivity index is 1.35. The molecule has 0 unspecified atom stereocenters. The van der Waals surface area contributed by atoms with E-state index in [4.69, 9.17) is 0 Å². The van der Waals surface area contributed by atoms with Crippen molar-refractivity contribution in [3.8, 4) is 0 Å². The summed E-state index contributed by atoms with van der Waals surface area (Å²) in [6.07, 6.45) is 6.61. The van der Waals surface area contributed by atoms with Crippen LogP contribution in [0.1, 0.15) is 51.9 Å². The molecule has 0 saturated heterocycles. The van der Waals surface area contributed by atoms with Crippen molar-refractivity contribution < 1.29 is 13.2 Å². The van der Waals surface area contributed by atoms with Crippen LogP contribution >= 0.6 is 0 Å². The van der Waals surface area contributed by atoms with E-state index in [1.165, 1.54) is 5.69 Å². The Morgan fingerprint density at radius 2 is 1.53 bits per heavy atom. The molecule has 6 nitrogen and oxygen atoms in total. The van der Waals surface area contributed by atoms with Gasteiger partial charge in [-0.3, -0.25) is 4.79 Å². The van der Waals surface area contributed by atoms with Gasteiger partial charge in [0.25, 0.3) is 0 Å². The summed E-state index contributed by atoms with van der Waals surface area (Å²) in [5.41, 5.74) is 1.24. The molecule has 0 bridgehead atoms. The first-order chi connectivity index (χ1) is 16.5. The van der Waals surface area contributed by atoms with E-state index >= 15 is 0 Å². The van der Waals surface area contributed by atoms with Crippen LogP contribution < -0.4 is 14.9 Å². The lowest BCUT2D eigenvalue weighted by Gasteiger charge is -2.28. The van der Waals surface area contributed by atoms with Crippen LogP contribution in [0.15, 0.2) is 65.6 Å². The molecule has 2 N–H and O–H groups in total. The van der Waals surface area contributed by atoms with Crippen molar-refractivity contribution in [2.75, 3.05) is 31.1 Å². The first-order valence-electron chi connectivity index (χ1n) is 12.6. The molecule has 1 amide bonds. The molecule has 3 rings (SSSR count). The lowest BCUT2D eigenvalue weighted by molar-refractivity contribution is -0.126. The number of sulfonamides is 1. The number of amides is 1. The minimum absolute atomic E-state index is 0.0345. The van der Waals surface area contributed by atoms with E-state index in [1.807, 2.05) is 6.07 Å². The predicted molar refractivity (Wildman–Crippen MR) is 138 cm³/mol. The van der Waals surface area contributed by atoms with Gasteiger partial charge in [-0.05, 0) is 68.7 Å². The fraction of sp³-hybridized carbons (Fsp3) is 0.519. The summed E-state index contributed by atoms with van der Waals surface area (Å²) in [6.45, 7) is 5.28. The summed E-state index contributed by atoms with van der Waals surface area (Å²) in [7, 11) is -3.47. The average Bonchev–Trinajstić information content (AvgIpc) is 2.88. The Labute approximate surface area is 205 Å². The zero-order chi connectivity index (χ0) is 24.2. The predicted octanol–water partition coefficient (Wildman–Crippen LogP) is 4.58. The molecule has 34 heavy (non-hydrogen) atoms. The van der Waals surface area contributed by atoms with Gasteiger partial charge in [-0.15, -0.1) is 0 Å². The second-order valence-corrected chi connectivity index (χ2v) is 11.0. The average molecular weight is 486 g/mol. The lowest BCUT2D eigenvalue weighted by atomic mass is 9.81. The van der Waals surface area contributed by atoms with Crippen molar-refractivity contribution in [1.29, 1.82) is 0 Å². The quantitative estimate of drug-likeness (QED) is 0.407. The number of nitrogens with one attached hydrogen (secondary N) is 2. The normalized spacial score (nSPS) is 18.4. The molecular formula is C27H39N3O3S. The molecule has 1 aliphatic carbocycles. The van der Waals surface area contributed by atoms with Gasteiger partial charge in [-0.2, -0.15) is 0 Å². The molecule has 1 fully saturated rings. The van der Waals surface area contributed by atoms with Gasteiger partial charge in [0.15, 0.2) is 0 Å². The summed E-state index contributed by atoms with van der Waals surface area (Å²) in [5, 5.41) is 3.13. The summed E-state index contributed by atoms with van der Waals surface area (Å²) in [4.78, 5) is 15.4. The van der Waals surface area contributed by atoms with E-state index < -0.39 is 10.0 Å². The highest BCUT2D eigenvalue weighted by molar-refractivity contribution is 7.89. The van der Waals surface area contributed by atoms with E-state index in [-0.39, 0.29) is 17.7 Å². The molecule has 0 aromatic heterocycles. The maximum Gasteiger partial charge on any atom is 0.240 e. The molecular weight excluding hydrogens is 446 g/mol. The van der Waals surface area contributed by atoms with Gasteiger partial charge in [-0.1, -0.05) is 49.7 Å². The third-order valence-electron chi connectivity index (χ3n) is 6.64. The van der Waals surface area contributed by atoms with Gasteiger partial charge in [0.1, 0.15) is 0 Å². The van der Waals surface area contributed by atoms with Crippen molar-refractivity contribution >= 4 is 21.6 Å². The zero-order valence-electron chi connectivity index (χ0n) is 20.3. The van der Waals surface area contributed by atoms with Gasteiger partial charge >= 0.3 is 0 Å². The number of para-hydroxylation sites is 1. The molecule has 0 heterocycles. The van der Waals surface area contributed by atoms with E-state index in [9.17, 15) is 13.2 Å². The number of carbonyl (C=O) groups is 1. The van der Waals surface area contributed by atoms with Gasteiger partial charge in [0.05, 0.1) is 4.90 Å². The van der Waals surface area contributed by atoms with Gasteiger partial charge in [-0.25, -0.2) is 13.1 Å². The number of hydrogen-bond donors (Lipinski definition) is 2. The van der Waals surface area contributed by atoms with Crippen LogP contribution in [0, 0.1) is 11.8 Å². The van der Waals surface area contributed by atoms with Gasteiger partial charge < -0.3 is 10.2 Å². The van der Waals surface area contributed by atoms with Crippen molar-refractivity contribution in [2.45, 2.75) is 56.8 Å². The van der Waals surface area contributed by atoms with Crippen molar-refractivity contribution in [2.24, 2.45) is 11.8 Å². The Bertz CT molecular complexity index is 959. The topological polar surface area (TPSA) is 78.5 Å². The molecule has 1 saturated carbocycles. The highest BCUT2D eigenvalue weighted by atomic mass is 32.2. The van der Waals surface area contributed by atoms with Crippen LogP contribution in [0.5, 0.6) is 0 Å². The Morgan fingerprint density at radius 1 is 0.912 bits per heavy atom. The fourth-order valence-corrected chi connectivity index (χ4v) is 5.66. The third kappa shape index (κ3) is 8.13. The first kappa shape index (κ1) is 26.2. The maximum atomic E-state index is 12.7. The number of unbranched alkanes of at least 4 members (excludes halogenated alkanes) is 1. The number of hydrogen-bond acceptors (Lipinski definition) is 4. The van der Waals surface area contributed by atoms with E-state index in [1.54, 1.807) is 30.3 Å². The van der Waals surface area contributed by atoms with Crippen LogP contribution in [0.3, 0.4) is 0 Å². The van der Waals surface area contributed by atoms with Crippen molar-refractivity contribution in [3.63, 3.8) is 0 Å². The fourth-order valence-electron chi connectivity index (χ4n) is 4.52. The molecule has 7 heteroatoms. The van der Waals surface area contributed by atoms with E-state index in [2.05, 4.69) is 46.1 Å². The highest BCUT2D eigenvalue weighted by Gasteiger charge is 2.27. The van der Waals surface area contributed by atoms with Crippen LogP contribution in [0.25, 0.3) is 0 Å². The van der Waals surface area contributed by atoms with Crippen LogP contribution in [-0.4, -0.2) is 40.5 Å². The number of anilines is 1. The molecule has 2 aromatic rings. The zero-order valence-corrected chi connectivity index (χ0v) is 21.1. The van der Waals surface area contributed by atoms with Gasteiger partial charge in [0.2, 0.25) is 15.9 Å². The first-order valence-corrected chi connectivity index (χ1v) is 14.1. The van der Waals surface area contributed by atoms with Gasteiger partial charge in [0, 0.05) is 37.8 Å². The summed E-state index contributed by atoms with van der Waals surface area (Å²) in [6, 6.07) is 18.9. The summed E-state index contributed by atoms with van der Waals surface area (Å²) < 4.78 is 27.6. The number of rotatable bonds is 13. The van der Waals surface area contributed by atoms with Crippen LogP contribution in [0.4, 0.5) is 5.69 Å². The second kappa shape index (κ2) is 13.5. The summed E-state index contributed by atoms with van der Waals surface area (Å²) in [5.74, 6) is 0.455. The third-order valence-corrected chi connectivity index (χ3v) is 8.08. The monoisotopic (exact) mass is 485 g/mol. The molecule has 1 aliphatic rings. The number of carbonyl (C=O) groups excluding carboxylic acids is 1. The standard InChI is InChI=1S/C27H39N3O3S/c1-2-3-20-30(25-11-6-4-7-12-25)21-10-19-28-27(31)24-17-15-23(16-18-24)22-29-34(32,33)26-13-8-5-9-14-26/h4-9,11-14,23-24,29H,2-3,10,15-22H2,1H3,(H,28,31). The second-order valence-electron chi connectivity index (χ2n) is 9.20. The van der Waals surface area contributed by atoms with Crippen LogP contribution in [-0.2, 0) is 14.8 Å². The van der Waals surface area contributed by atoms with Crippen molar-refractivity contribution in [3.05, 3.63) is 60.7 Å². The number of benzene rings is 2. The highest BCUT2D eigenvalue weighted by Crippen LogP contribution is 2.29. The lowest BCUT2D eigenvalue weighted by Crippen LogP contribution is -2.37. The molecule has 0 radical (unpaired) electrons. The Kier molecular flexibility index (Phi) is 10.4. The molecule has 186 valence electrons. The molecule has 2 aromatic carbocycles. The number of nitrogens with zero attached hydrogens (tertiary/aromatic N) is 1. The molecule has 0 aliphatic heterocycles. The largest absolute Gasteiger partial charge is 0.371 e. The maximum absolute atomic E-state index is 12.7. The van der Waals surface area contributed by atoms with E-state index in [0.29, 0.717) is 18.0 Å². The van der Waals surface area contributed by atoms with Crippen molar-refractivity contribution in [1.82, 2.24) is 10.0 Å². The Hall–Kier alpha value is -2.38. The van der Waals surface area contributed by atoms with Crippen LogP contribution in [0.2, 0.25) is 0 Å². The molecule has 0 spiro atoms. The summed E-state index contributed by atoms with van der Waals surface area (Å²) >= 11 is 0. The molecule has 0 atom stereocenters. The smallest absolute Gasteiger partial charge is 0.240 e. The minimum Gasteiger partial charge on any atom is -0.371 e. The SMILES string of the molecule is CCCCN(CCCNC(=O)C1CCC(CNS(=O)(=O)c2ccccc2)CC1)c1ccccc1.